The van der Waals surface area contributed by atoms with Crippen LogP contribution in [0.15, 0.2) is 34.9 Å². The van der Waals surface area contributed by atoms with Crippen LogP contribution in [-0.2, 0) is 0 Å². The number of hydrogen-bond acceptors (Lipinski definition) is 0. The highest BCUT2D eigenvalue weighted by molar-refractivity contribution is 5.45. The third kappa shape index (κ3) is 1.12. The van der Waals surface area contributed by atoms with Crippen LogP contribution in [0.1, 0.15) is 38.5 Å². The topological polar surface area (TPSA) is 0 Å². The monoisotopic (exact) mass is 172 g/mol. The van der Waals surface area contributed by atoms with Crippen molar-refractivity contribution in [1.29, 1.82) is 0 Å². The Morgan fingerprint density at radius 2 is 2.15 bits per heavy atom. The van der Waals surface area contributed by atoms with Gasteiger partial charge in [-0.15, -0.1) is 0 Å². The van der Waals surface area contributed by atoms with Gasteiger partial charge in [0.25, 0.3) is 0 Å². The smallest absolute Gasteiger partial charge is 0.00919 e. The van der Waals surface area contributed by atoms with Crippen molar-refractivity contribution >= 4 is 0 Å². The quantitative estimate of drug-likeness (QED) is 0.522. The summed E-state index contributed by atoms with van der Waals surface area (Å²) in [6.45, 7) is 0. The van der Waals surface area contributed by atoms with Crippen LogP contribution in [0.3, 0.4) is 0 Å². The minimum Gasteiger partial charge on any atom is -0.0801 e. The predicted octanol–water partition coefficient (Wildman–Crippen LogP) is 3.76. The van der Waals surface area contributed by atoms with Crippen molar-refractivity contribution in [1.82, 2.24) is 0 Å². The first kappa shape index (κ1) is 7.61. The summed E-state index contributed by atoms with van der Waals surface area (Å²) in [5.74, 6) is 0.971. The van der Waals surface area contributed by atoms with Crippen LogP contribution in [0.5, 0.6) is 0 Å². The van der Waals surface area contributed by atoms with Gasteiger partial charge < -0.3 is 0 Å². The lowest BCUT2D eigenvalue weighted by Crippen LogP contribution is -2.10. The van der Waals surface area contributed by atoms with E-state index < -0.39 is 0 Å². The molecule has 0 amide bonds. The lowest BCUT2D eigenvalue weighted by Gasteiger charge is -2.26. The molecule has 0 spiro atoms. The van der Waals surface area contributed by atoms with Crippen LogP contribution in [0.2, 0.25) is 0 Å². The molecule has 1 fully saturated rings. The Labute approximate surface area is 80.0 Å². The van der Waals surface area contributed by atoms with E-state index in [-0.39, 0.29) is 0 Å². The van der Waals surface area contributed by atoms with Crippen LogP contribution in [0.25, 0.3) is 0 Å². The fraction of sp³-hybridized carbons (Fsp3) is 0.538. The highest BCUT2D eigenvalue weighted by atomic mass is 14.3. The Morgan fingerprint density at radius 1 is 1.15 bits per heavy atom. The summed E-state index contributed by atoms with van der Waals surface area (Å²) in [4.78, 5) is 0. The fourth-order valence-electron chi connectivity index (χ4n) is 3.14. The Bertz CT molecular complexity index is 315. The zero-order valence-corrected chi connectivity index (χ0v) is 8.05. The largest absolute Gasteiger partial charge is 0.0801 e. The zero-order chi connectivity index (χ0) is 8.67. The Kier molecular flexibility index (Phi) is 1.68. The molecule has 1 atom stereocenters. The van der Waals surface area contributed by atoms with Gasteiger partial charge in [0.2, 0.25) is 0 Å². The summed E-state index contributed by atoms with van der Waals surface area (Å²) in [6.07, 6.45) is 15.2. The summed E-state index contributed by atoms with van der Waals surface area (Å²) in [6, 6.07) is 0. The van der Waals surface area contributed by atoms with Gasteiger partial charge in [-0.2, -0.15) is 0 Å². The van der Waals surface area contributed by atoms with Crippen molar-refractivity contribution in [3.63, 3.8) is 0 Å². The molecule has 0 bridgehead atoms. The Hall–Kier alpha value is -0.780. The molecule has 0 heterocycles. The third-order valence-electron chi connectivity index (χ3n) is 3.78. The van der Waals surface area contributed by atoms with Crippen molar-refractivity contribution in [3.8, 4) is 0 Å². The molecule has 3 aliphatic carbocycles. The average Bonchev–Trinajstić information content (AvgIpc) is 2.65. The van der Waals surface area contributed by atoms with Crippen molar-refractivity contribution in [2.75, 3.05) is 0 Å². The Balaban J connectivity index is 2.07. The van der Waals surface area contributed by atoms with Crippen molar-refractivity contribution in [3.05, 3.63) is 34.9 Å². The van der Waals surface area contributed by atoms with Gasteiger partial charge in [0.05, 0.1) is 0 Å². The molecule has 1 unspecified atom stereocenters. The maximum absolute atomic E-state index is 2.33. The highest BCUT2D eigenvalue weighted by Crippen LogP contribution is 2.45. The zero-order valence-electron chi connectivity index (χ0n) is 8.05. The van der Waals surface area contributed by atoms with Crippen LogP contribution in [-0.4, -0.2) is 0 Å². The molecule has 13 heavy (non-hydrogen) atoms. The molecule has 0 aromatic carbocycles. The van der Waals surface area contributed by atoms with Gasteiger partial charge in [-0.25, -0.2) is 0 Å². The first-order valence-electron chi connectivity index (χ1n) is 5.53. The maximum Gasteiger partial charge on any atom is -0.00919 e. The number of allylic oxidation sites excluding steroid dienone is 6. The molecule has 0 radical (unpaired) electrons. The molecule has 0 aromatic heterocycles. The summed E-state index contributed by atoms with van der Waals surface area (Å²) in [5.41, 5.74) is 5.19. The van der Waals surface area contributed by atoms with E-state index in [0.29, 0.717) is 0 Å². The summed E-state index contributed by atoms with van der Waals surface area (Å²) in [7, 11) is 0. The van der Waals surface area contributed by atoms with Crippen molar-refractivity contribution in [2.45, 2.75) is 38.5 Å². The van der Waals surface area contributed by atoms with Gasteiger partial charge >= 0.3 is 0 Å². The van der Waals surface area contributed by atoms with Gasteiger partial charge in [0.1, 0.15) is 0 Å². The number of hydrogen-bond donors (Lipinski definition) is 0. The molecule has 0 aromatic rings. The lowest BCUT2D eigenvalue weighted by molar-refractivity contribution is 0.549. The second-order valence-corrected chi connectivity index (χ2v) is 4.46. The molecular weight excluding hydrogens is 156 g/mol. The third-order valence-corrected chi connectivity index (χ3v) is 3.78. The number of rotatable bonds is 0. The van der Waals surface area contributed by atoms with Crippen LogP contribution >= 0.6 is 0 Å². The summed E-state index contributed by atoms with van der Waals surface area (Å²) < 4.78 is 0. The molecule has 0 N–H and O–H groups in total. The molecule has 68 valence electrons. The first-order valence-corrected chi connectivity index (χ1v) is 5.53. The normalized spacial score (nSPS) is 31.4. The maximum atomic E-state index is 2.33. The summed E-state index contributed by atoms with van der Waals surface area (Å²) in [5, 5.41) is 0. The molecule has 0 heteroatoms. The molecule has 3 rings (SSSR count). The summed E-state index contributed by atoms with van der Waals surface area (Å²) >= 11 is 0. The van der Waals surface area contributed by atoms with E-state index in [4.69, 9.17) is 0 Å². The van der Waals surface area contributed by atoms with Gasteiger partial charge in [-0.1, -0.05) is 23.8 Å². The molecule has 0 aliphatic heterocycles. The molecular formula is C13H16. The number of fused-ring (bicyclic) bond motifs is 2. The van der Waals surface area contributed by atoms with Gasteiger partial charge in [-0.3, -0.25) is 0 Å². The van der Waals surface area contributed by atoms with Crippen LogP contribution in [0.4, 0.5) is 0 Å². The van der Waals surface area contributed by atoms with Crippen molar-refractivity contribution < 1.29 is 0 Å². The molecule has 0 saturated heterocycles. The van der Waals surface area contributed by atoms with Crippen LogP contribution < -0.4 is 0 Å². The van der Waals surface area contributed by atoms with Gasteiger partial charge in [-0.05, 0) is 55.6 Å². The van der Waals surface area contributed by atoms with Gasteiger partial charge in [0, 0.05) is 0 Å². The predicted molar refractivity (Wildman–Crippen MR) is 55.4 cm³/mol. The van der Waals surface area contributed by atoms with E-state index >= 15 is 0 Å². The van der Waals surface area contributed by atoms with E-state index in [1.165, 1.54) is 38.5 Å². The second kappa shape index (κ2) is 2.87. The highest BCUT2D eigenvalue weighted by Gasteiger charge is 2.29. The van der Waals surface area contributed by atoms with Crippen LogP contribution in [0, 0.1) is 5.92 Å². The van der Waals surface area contributed by atoms with E-state index in [1.807, 2.05) is 5.57 Å². The second-order valence-electron chi connectivity index (χ2n) is 4.46. The fourth-order valence-corrected chi connectivity index (χ4v) is 3.14. The van der Waals surface area contributed by atoms with E-state index in [1.54, 1.807) is 11.1 Å². The molecule has 3 aliphatic rings. The van der Waals surface area contributed by atoms with E-state index in [9.17, 15) is 0 Å². The lowest BCUT2D eigenvalue weighted by atomic mass is 9.79. The minimum atomic E-state index is 0.971. The SMILES string of the molecule is C1=CCC2=C3CCCC3CCC2=C1. The standard InChI is InChI=1S/C13H16/c1-2-6-12-10(4-1)8-9-11-5-3-7-13(11)12/h1-2,4,11H,3,5-9H2. The van der Waals surface area contributed by atoms with Gasteiger partial charge in [0.15, 0.2) is 0 Å². The van der Waals surface area contributed by atoms with Crippen molar-refractivity contribution in [2.24, 2.45) is 5.92 Å². The first-order chi connectivity index (χ1) is 6.45. The molecule has 1 saturated carbocycles. The average molecular weight is 172 g/mol. The molecule has 0 nitrogen and oxygen atoms in total. The minimum absolute atomic E-state index is 0.971. The van der Waals surface area contributed by atoms with E-state index in [0.717, 1.165) is 5.92 Å². The van der Waals surface area contributed by atoms with E-state index in [2.05, 4.69) is 18.2 Å². The Morgan fingerprint density at radius 3 is 3.15 bits per heavy atom.